The van der Waals surface area contributed by atoms with E-state index in [1.807, 2.05) is 42.2 Å². The number of likely N-dealkylation sites (N-methyl/N-ethyl adjacent to an activating group) is 1. The molecule has 1 aromatic rings. The summed E-state index contributed by atoms with van der Waals surface area (Å²) in [6, 6.07) is 9.11. The van der Waals surface area contributed by atoms with E-state index in [1.165, 1.54) is 0 Å². The Hall–Kier alpha value is -2.08. The molecule has 0 radical (unpaired) electrons. The van der Waals surface area contributed by atoms with Gasteiger partial charge >= 0.3 is 6.09 Å². The van der Waals surface area contributed by atoms with Gasteiger partial charge in [0, 0.05) is 25.7 Å². The molecule has 0 saturated carbocycles. The van der Waals surface area contributed by atoms with Crippen molar-refractivity contribution >= 4 is 12.0 Å². The highest BCUT2D eigenvalue weighted by molar-refractivity contribution is 5.81. The fourth-order valence-corrected chi connectivity index (χ4v) is 3.14. The van der Waals surface area contributed by atoms with E-state index in [-0.39, 0.29) is 24.6 Å². The Labute approximate surface area is 149 Å². The molecule has 2 amide bonds. The largest absolute Gasteiger partial charge is 0.445 e. The van der Waals surface area contributed by atoms with Gasteiger partial charge in [0.05, 0.1) is 6.04 Å². The highest BCUT2D eigenvalue weighted by Crippen LogP contribution is 2.19. The fourth-order valence-electron chi connectivity index (χ4n) is 3.14. The van der Waals surface area contributed by atoms with Gasteiger partial charge in [0.2, 0.25) is 5.91 Å². The van der Waals surface area contributed by atoms with E-state index in [0.717, 1.165) is 24.8 Å². The highest BCUT2D eigenvalue weighted by atomic mass is 16.6. The van der Waals surface area contributed by atoms with E-state index < -0.39 is 6.04 Å². The van der Waals surface area contributed by atoms with Crippen molar-refractivity contribution in [1.82, 2.24) is 9.80 Å². The van der Waals surface area contributed by atoms with Gasteiger partial charge in [-0.2, -0.15) is 0 Å². The van der Waals surface area contributed by atoms with Crippen molar-refractivity contribution in [1.29, 1.82) is 0 Å². The van der Waals surface area contributed by atoms with Crippen LogP contribution in [0.5, 0.6) is 0 Å². The first kappa shape index (κ1) is 19.2. The summed E-state index contributed by atoms with van der Waals surface area (Å²) < 4.78 is 5.42. The summed E-state index contributed by atoms with van der Waals surface area (Å²) in [4.78, 5) is 28.2. The number of ether oxygens (including phenoxy) is 1. The summed E-state index contributed by atoms with van der Waals surface area (Å²) in [6.45, 7) is 5.63. The number of amides is 2. The van der Waals surface area contributed by atoms with E-state index in [9.17, 15) is 9.59 Å². The number of benzene rings is 1. The Kier molecular flexibility index (Phi) is 7.25. The van der Waals surface area contributed by atoms with Crippen LogP contribution in [0.4, 0.5) is 4.79 Å². The topological polar surface area (TPSA) is 75.9 Å². The van der Waals surface area contributed by atoms with Gasteiger partial charge in [-0.15, -0.1) is 0 Å². The normalized spacial score (nSPS) is 18.5. The summed E-state index contributed by atoms with van der Waals surface area (Å²) in [5, 5.41) is 0. The van der Waals surface area contributed by atoms with E-state index in [0.29, 0.717) is 19.6 Å². The van der Waals surface area contributed by atoms with Gasteiger partial charge in [-0.25, -0.2) is 4.79 Å². The minimum absolute atomic E-state index is 0.0106. The Balaban J connectivity index is 1.94. The summed E-state index contributed by atoms with van der Waals surface area (Å²) in [6.07, 6.45) is 2.59. The summed E-state index contributed by atoms with van der Waals surface area (Å²) >= 11 is 0. The Morgan fingerprint density at radius 3 is 2.68 bits per heavy atom. The molecule has 0 bridgehead atoms. The first-order chi connectivity index (χ1) is 12.0. The molecular weight excluding hydrogens is 318 g/mol. The molecule has 1 fully saturated rings. The van der Waals surface area contributed by atoms with E-state index in [2.05, 4.69) is 0 Å². The number of hydrogen-bond donors (Lipinski definition) is 1. The van der Waals surface area contributed by atoms with Crippen LogP contribution in [0.1, 0.15) is 38.7 Å². The number of likely N-dealkylation sites (tertiary alicyclic amines) is 1. The van der Waals surface area contributed by atoms with Crippen molar-refractivity contribution in [3.8, 4) is 0 Å². The van der Waals surface area contributed by atoms with Gasteiger partial charge in [0.15, 0.2) is 0 Å². The maximum absolute atomic E-state index is 12.4. The van der Waals surface area contributed by atoms with Gasteiger partial charge in [0.25, 0.3) is 0 Å². The summed E-state index contributed by atoms with van der Waals surface area (Å²) in [5.41, 5.74) is 6.72. The van der Waals surface area contributed by atoms with Gasteiger partial charge in [-0.3, -0.25) is 4.79 Å². The average molecular weight is 347 g/mol. The molecule has 1 heterocycles. The van der Waals surface area contributed by atoms with E-state index in [4.69, 9.17) is 10.5 Å². The quantitative estimate of drug-likeness (QED) is 0.857. The zero-order valence-electron chi connectivity index (χ0n) is 15.2. The molecule has 2 N–H and O–H groups in total. The number of piperidine rings is 1. The fraction of sp³-hybridized carbons (Fsp3) is 0.579. The van der Waals surface area contributed by atoms with E-state index >= 15 is 0 Å². The third-order valence-corrected chi connectivity index (χ3v) is 4.58. The van der Waals surface area contributed by atoms with Crippen molar-refractivity contribution in [3.63, 3.8) is 0 Å². The molecule has 1 saturated heterocycles. The van der Waals surface area contributed by atoms with Crippen molar-refractivity contribution in [2.75, 3.05) is 19.6 Å². The van der Waals surface area contributed by atoms with Crippen molar-refractivity contribution in [2.45, 2.75) is 51.8 Å². The van der Waals surface area contributed by atoms with Crippen LogP contribution in [-0.4, -0.2) is 53.5 Å². The molecule has 0 aromatic heterocycles. The third kappa shape index (κ3) is 5.46. The minimum atomic E-state index is -0.513. The van der Waals surface area contributed by atoms with Gasteiger partial charge < -0.3 is 20.3 Å². The van der Waals surface area contributed by atoms with Crippen molar-refractivity contribution in [3.05, 3.63) is 35.9 Å². The SMILES string of the molecule is CCN(C[C@H]1CCCCN1C(=O)[C@H](C)N)C(=O)OCc1ccccc1. The standard InChI is InChI=1S/C19H29N3O3/c1-3-21(19(24)25-14-16-9-5-4-6-10-16)13-17-11-7-8-12-22(17)18(23)15(2)20/h4-6,9-10,15,17H,3,7-8,11-14,20H2,1-2H3/t15-,17+/m0/s1. The van der Waals surface area contributed by atoms with Crippen LogP contribution >= 0.6 is 0 Å². The predicted molar refractivity (Wildman–Crippen MR) is 96.9 cm³/mol. The molecule has 1 aliphatic heterocycles. The molecule has 6 nitrogen and oxygen atoms in total. The number of nitrogens with two attached hydrogens (primary N) is 1. The number of hydrogen-bond acceptors (Lipinski definition) is 4. The molecule has 0 spiro atoms. The first-order valence-corrected chi connectivity index (χ1v) is 9.04. The Bertz CT molecular complexity index is 562. The number of carbonyl (C=O) groups excluding carboxylic acids is 2. The van der Waals surface area contributed by atoms with Gasteiger partial charge in [0.1, 0.15) is 6.61 Å². The molecule has 0 unspecified atom stereocenters. The minimum Gasteiger partial charge on any atom is -0.445 e. The smallest absolute Gasteiger partial charge is 0.410 e. The second-order valence-corrected chi connectivity index (χ2v) is 6.55. The predicted octanol–water partition coefficient (Wildman–Crippen LogP) is 2.37. The second-order valence-electron chi connectivity index (χ2n) is 6.55. The molecule has 1 aliphatic rings. The number of carbonyl (C=O) groups is 2. The van der Waals surface area contributed by atoms with Crippen LogP contribution in [0.15, 0.2) is 30.3 Å². The zero-order valence-corrected chi connectivity index (χ0v) is 15.2. The van der Waals surface area contributed by atoms with Crippen LogP contribution in [0, 0.1) is 0 Å². The maximum Gasteiger partial charge on any atom is 0.410 e. The monoisotopic (exact) mass is 347 g/mol. The van der Waals surface area contributed by atoms with E-state index in [1.54, 1.807) is 11.8 Å². The maximum atomic E-state index is 12.4. The summed E-state index contributed by atoms with van der Waals surface area (Å²) in [7, 11) is 0. The summed E-state index contributed by atoms with van der Waals surface area (Å²) in [5.74, 6) is -0.0431. The lowest BCUT2D eigenvalue weighted by Crippen LogP contribution is -2.54. The zero-order chi connectivity index (χ0) is 18.2. The molecule has 1 aromatic carbocycles. The molecular formula is C19H29N3O3. The van der Waals surface area contributed by atoms with Gasteiger partial charge in [-0.05, 0) is 38.7 Å². The highest BCUT2D eigenvalue weighted by Gasteiger charge is 2.30. The molecule has 2 rings (SSSR count). The van der Waals surface area contributed by atoms with Crippen LogP contribution in [0.2, 0.25) is 0 Å². The molecule has 25 heavy (non-hydrogen) atoms. The van der Waals surface area contributed by atoms with Crippen LogP contribution in [-0.2, 0) is 16.1 Å². The lowest BCUT2D eigenvalue weighted by Gasteiger charge is -2.39. The average Bonchev–Trinajstić information content (AvgIpc) is 2.64. The number of rotatable bonds is 6. The molecule has 2 atom stereocenters. The molecule has 138 valence electrons. The van der Waals surface area contributed by atoms with Crippen molar-refractivity contribution < 1.29 is 14.3 Å². The molecule has 6 heteroatoms. The van der Waals surface area contributed by atoms with Crippen LogP contribution in [0.25, 0.3) is 0 Å². The Morgan fingerprint density at radius 2 is 2.04 bits per heavy atom. The van der Waals surface area contributed by atoms with Gasteiger partial charge in [-0.1, -0.05) is 30.3 Å². The first-order valence-electron chi connectivity index (χ1n) is 9.04. The van der Waals surface area contributed by atoms with Crippen LogP contribution in [0.3, 0.4) is 0 Å². The van der Waals surface area contributed by atoms with Crippen LogP contribution < -0.4 is 5.73 Å². The van der Waals surface area contributed by atoms with Crippen molar-refractivity contribution in [2.24, 2.45) is 5.73 Å². The lowest BCUT2D eigenvalue weighted by atomic mass is 10.0. The third-order valence-electron chi connectivity index (χ3n) is 4.58. The second kappa shape index (κ2) is 9.42. The lowest BCUT2D eigenvalue weighted by molar-refractivity contribution is -0.136. The Morgan fingerprint density at radius 1 is 1.32 bits per heavy atom. The molecule has 0 aliphatic carbocycles. The number of nitrogens with zero attached hydrogens (tertiary/aromatic N) is 2.